The van der Waals surface area contributed by atoms with Gasteiger partial charge in [0.25, 0.3) is 0 Å². The number of ether oxygens (including phenoxy) is 1. The Hall–Kier alpha value is -2.27. The zero-order chi connectivity index (χ0) is 19.2. The van der Waals surface area contributed by atoms with E-state index in [4.69, 9.17) is 4.74 Å². The fraction of sp³-hybridized carbons (Fsp3) is 0.438. The van der Waals surface area contributed by atoms with Gasteiger partial charge >= 0.3 is 5.97 Å². The second-order valence-electron chi connectivity index (χ2n) is 6.49. The van der Waals surface area contributed by atoms with Gasteiger partial charge in [0.15, 0.2) is 0 Å². The summed E-state index contributed by atoms with van der Waals surface area (Å²) >= 11 is 2.92. The van der Waals surface area contributed by atoms with E-state index in [1.807, 2.05) is 31.2 Å². The van der Waals surface area contributed by atoms with Crippen molar-refractivity contribution < 1.29 is 19.4 Å². The third-order valence-electron chi connectivity index (χ3n) is 4.69. The molecule has 0 unspecified atom stereocenters. The average molecular weight is 407 g/mol. The maximum atomic E-state index is 11.8. The number of carbonyl (C=O) groups is 2. The van der Waals surface area contributed by atoms with Gasteiger partial charge in [-0.2, -0.15) is 4.68 Å². The molecule has 0 saturated carbocycles. The third-order valence-corrected chi connectivity index (χ3v) is 7.70. The molecular weight excluding hydrogens is 390 g/mol. The number of carboxylic acid groups (broad SMARTS) is 1. The van der Waals surface area contributed by atoms with Gasteiger partial charge in [0.05, 0.1) is 29.3 Å². The molecule has 3 heterocycles. The summed E-state index contributed by atoms with van der Waals surface area (Å²) in [7, 11) is 1.60. The van der Waals surface area contributed by atoms with Gasteiger partial charge in [-0.3, -0.25) is 4.79 Å². The highest BCUT2D eigenvalue weighted by atomic mass is 32.2. The largest absolute Gasteiger partial charge is 0.497 e. The molecule has 1 aromatic heterocycles. The molecule has 2 aromatic rings. The minimum Gasteiger partial charge on any atom is -0.497 e. The number of β-lactam (4-membered cyclic amide) rings is 1. The van der Waals surface area contributed by atoms with Crippen molar-refractivity contribution >= 4 is 35.4 Å². The summed E-state index contributed by atoms with van der Waals surface area (Å²) < 4.78 is 6.14. The van der Waals surface area contributed by atoms with Crippen molar-refractivity contribution in [3.05, 3.63) is 24.3 Å². The second kappa shape index (κ2) is 6.71. The number of methoxy groups -OCH3 is 1. The molecule has 2 aliphatic heterocycles. The molecule has 9 nitrogen and oxygen atoms in total. The van der Waals surface area contributed by atoms with Crippen molar-refractivity contribution in [2.45, 2.75) is 34.7 Å². The Morgan fingerprint density at radius 2 is 2.19 bits per heavy atom. The van der Waals surface area contributed by atoms with Crippen LogP contribution in [0.15, 0.2) is 29.4 Å². The Morgan fingerprint density at radius 1 is 1.44 bits per heavy atom. The van der Waals surface area contributed by atoms with Gasteiger partial charge in [0.2, 0.25) is 11.1 Å². The van der Waals surface area contributed by atoms with Gasteiger partial charge in [0.1, 0.15) is 11.8 Å². The van der Waals surface area contributed by atoms with Crippen LogP contribution in [0.25, 0.3) is 5.69 Å². The Kier molecular flexibility index (Phi) is 4.50. The summed E-state index contributed by atoms with van der Waals surface area (Å²) in [5.74, 6) is 0.118. The van der Waals surface area contributed by atoms with E-state index in [9.17, 15) is 14.7 Å². The molecule has 2 saturated heterocycles. The first-order valence-electron chi connectivity index (χ1n) is 8.20. The Morgan fingerprint density at radius 3 is 2.81 bits per heavy atom. The van der Waals surface area contributed by atoms with Crippen LogP contribution in [0, 0.1) is 0 Å². The first kappa shape index (κ1) is 18.1. The van der Waals surface area contributed by atoms with Gasteiger partial charge < -0.3 is 14.7 Å². The van der Waals surface area contributed by atoms with Gasteiger partial charge in [0, 0.05) is 5.75 Å². The van der Waals surface area contributed by atoms with E-state index < -0.39 is 16.8 Å². The minimum atomic E-state index is -0.976. The highest BCUT2D eigenvalue weighted by Gasteiger charge is 2.60. The molecule has 0 aliphatic carbocycles. The van der Waals surface area contributed by atoms with Crippen LogP contribution in [-0.2, 0) is 9.59 Å². The number of nitrogens with zero attached hydrogens (tertiary/aromatic N) is 5. The number of aliphatic carboxylic acids is 1. The zero-order valence-electron chi connectivity index (χ0n) is 14.6. The number of tetrazole rings is 1. The summed E-state index contributed by atoms with van der Waals surface area (Å²) in [5, 5.41) is 22.0. The standard InChI is InChI=1S/C16H17N5O4S2/c1-16(13(14(23)24)20-11(22)7-12(20)27-16)8-26-15-17-18-19-21(15)9-3-5-10(25-2)6-4-9/h3-6,12-13H,7-8H2,1-2H3,(H,23,24)/t12-,13-,16-/m0/s1. The molecular formula is C16H17N5O4S2. The van der Waals surface area contributed by atoms with E-state index in [2.05, 4.69) is 15.5 Å². The molecule has 1 N–H and O–H groups in total. The van der Waals surface area contributed by atoms with Crippen LogP contribution < -0.4 is 4.74 Å². The van der Waals surface area contributed by atoms with Crippen LogP contribution in [0.5, 0.6) is 5.75 Å². The topological polar surface area (TPSA) is 110 Å². The number of hydrogen-bond donors (Lipinski definition) is 1. The number of thioether (sulfide) groups is 2. The first-order chi connectivity index (χ1) is 12.9. The van der Waals surface area contributed by atoms with Crippen LogP contribution in [0.4, 0.5) is 0 Å². The van der Waals surface area contributed by atoms with Crippen LogP contribution in [0.3, 0.4) is 0 Å². The summed E-state index contributed by atoms with van der Waals surface area (Å²) in [5.41, 5.74) is 0.779. The second-order valence-corrected chi connectivity index (χ2v) is 9.15. The molecule has 1 aromatic carbocycles. The van der Waals surface area contributed by atoms with Crippen molar-refractivity contribution in [2.24, 2.45) is 0 Å². The number of rotatable bonds is 6. The van der Waals surface area contributed by atoms with E-state index in [-0.39, 0.29) is 11.3 Å². The SMILES string of the molecule is COc1ccc(-n2nnnc2SC[C@]2(C)S[C@H]3CC(=O)N3[C@H]2C(=O)O)cc1. The van der Waals surface area contributed by atoms with Gasteiger partial charge in [-0.15, -0.1) is 16.9 Å². The summed E-state index contributed by atoms with van der Waals surface area (Å²) in [6, 6.07) is 6.48. The minimum absolute atomic E-state index is 0.0539. The normalized spacial score (nSPS) is 26.6. The molecule has 0 radical (unpaired) electrons. The van der Waals surface area contributed by atoms with E-state index >= 15 is 0 Å². The quantitative estimate of drug-likeness (QED) is 0.559. The van der Waals surface area contributed by atoms with Crippen LogP contribution >= 0.6 is 23.5 Å². The number of carbonyl (C=O) groups excluding carboxylic acids is 1. The van der Waals surface area contributed by atoms with E-state index in [0.717, 1.165) is 11.4 Å². The van der Waals surface area contributed by atoms with Crippen molar-refractivity contribution in [1.82, 2.24) is 25.1 Å². The summed E-state index contributed by atoms with van der Waals surface area (Å²) in [4.78, 5) is 25.1. The Labute approximate surface area is 163 Å². The maximum absolute atomic E-state index is 11.8. The maximum Gasteiger partial charge on any atom is 0.327 e. The van der Waals surface area contributed by atoms with Crippen molar-refractivity contribution in [2.75, 3.05) is 12.9 Å². The molecule has 2 fully saturated rings. The smallest absolute Gasteiger partial charge is 0.327 e. The summed E-state index contributed by atoms with van der Waals surface area (Å²) in [6.45, 7) is 1.89. The lowest BCUT2D eigenvalue weighted by molar-refractivity contribution is -0.157. The third kappa shape index (κ3) is 3.04. The number of amides is 1. The predicted molar refractivity (Wildman–Crippen MR) is 99.1 cm³/mol. The number of hydrogen-bond acceptors (Lipinski definition) is 8. The highest BCUT2D eigenvalue weighted by molar-refractivity contribution is 8.04. The molecule has 0 bridgehead atoms. The van der Waals surface area contributed by atoms with E-state index in [1.165, 1.54) is 16.7 Å². The van der Waals surface area contributed by atoms with E-state index in [0.29, 0.717) is 17.3 Å². The monoisotopic (exact) mass is 407 g/mol. The molecule has 2 aliphatic rings. The lowest BCUT2D eigenvalue weighted by atomic mass is 9.98. The van der Waals surface area contributed by atoms with Crippen molar-refractivity contribution in [3.8, 4) is 11.4 Å². The number of fused-ring (bicyclic) bond motifs is 1. The van der Waals surface area contributed by atoms with E-state index in [1.54, 1.807) is 23.6 Å². The fourth-order valence-electron chi connectivity index (χ4n) is 3.33. The average Bonchev–Trinajstić information content (AvgIpc) is 3.21. The van der Waals surface area contributed by atoms with Crippen LogP contribution in [0.2, 0.25) is 0 Å². The predicted octanol–water partition coefficient (Wildman–Crippen LogP) is 1.28. The van der Waals surface area contributed by atoms with Crippen LogP contribution in [0.1, 0.15) is 13.3 Å². The lowest BCUT2D eigenvalue weighted by Gasteiger charge is -2.36. The number of aromatic nitrogens is 4. The molecule has 3 atom stereocenters. The zero-order valence-corrected chi connectivity index (χ0v) is 16.2. The van der Waals surface area contributed by atoms with Crippen molar-refractivity contribution in [3.63, 3.8) is 0 Å². The summed E-state index contributed by atoms with van der Waals surface area (Å²) in [6.07, 6.45) is 0.401. The lowest BCUT2D eigenvalue weighted by Crippen LogP contribution is -2.57. The molecule has 27 heavy (non-hydrogen) atoms. The van der Waals surface area contributed by atoms with Crippen molar-refractivity contribution in [1.29, 1.82) is 0 Å². The first-order valence-corrected chi connectivity index (χ1v) is 10.1. The molecule has 11 heteroatoms. The number of benzene rings is 1. The highest BCUT2D eigenvalue weighted by Crippen LogP contribution is 2.52. The van der Waals surface area contributed by atoms with Gasteiger partial charge in [-0.1, -0.05) is 11.8 Å². The van der Waals surface area contributed by atoms with Crippen LogP contribution in [-0.4, -0.2) is 71.1 Å². The van der Waals surface area contributed by atoms with Gasteiger partial charge in [-0.05, 0) is 41.6 Å². The Bertz CT molecular complexity index is 889. The molecule has 0 spiro atoms. The van der Waals surface area contributed by atoms with Gasteiger partial charge in [-0.25, -0.2) is 4.79 Å². The fourth-order valence-corrected chi connectivity index (χ4v) is 6.26. The molecule has 4 rings (SSSR count). The molecule has 142 valence electrons. The number of carboxylic acids is 1. The Balaban J connectivity index is 1.53. The molecule has 1 amide bonds.